The molecule has 0 aliphatic heterocycles. The van der Waals surface area contributed by atoms with Crippen molar-refractivity contribution in [3.05, 3.63) is 34.9 Å². The zero-order chi connectivity index (χ0) is 16.0. The van der Waals surface area contributed by atoms with E-state index in [1.165, 1.54) is 4.90 Å². The Labute approximate surface area is 129 Å². The summed E-state index contributed by atoms with van der Waals surface area (Å²) >= 11 is 5.80. The second-order valence-electron chi connectivity index (χ2n) is 5.75. The zero-order valence-electron chi connectivity index (χ0n) is 12.5. The molecule has 6 heteroatoms. The number of carbonyl (C=O) groups excluding carboxylic acids is 1. The fourth-order valence-electron chi connectivity index (χ4n) is 1.82. The van der Waals surface area contributed by atoms with Crippen molar-refractivity contribution in [2.45, 2.75) is 39.3 Å². The summed E-state index contributed by atoms with van der Waals surface area (Å²) in [5, 5.41) is 12.2. The van der Waals surface area contributed by atoms with E-state index in [2.05, 4.69) is 5.32 Å². The van der Waals surface area contributed by atoms with E-state index < -0.39 is 11.5 Å². The third kappa shape index (κ3) is 6.04. The van der Waals surface area contributed by atoms with Gasteiger partial charge in [0.05, 0.1) is 6.42 Å². The fraction of sp³-hybridized carbons (Fsp3) is 0.467. The minimum Gasteiger partial charge on any atom is -0.481 e. The zero-order valence-corrected chi connectivity index (χ0v) is 13.3. The quantitative estimate of drug-likeness (QED) is 0.877. The topological polar surface area (TPSA) is 69.6 Å². The number of amides is 2. The number of carboxylic acid groups (broad SMARTS) is 1. The smallest absolute Gasteiger partial charge is 0.318 e. The van der Waals surface area contributed by atoms with Gasteiger partial charge in [-0.1, -0.05) is 23.7 Å². The van der Waals surface area contributed by atoms with Crippen molar-refractivity contribution in [3.8, 4) is 0 Å². The lowest BCUT2D eigenvalue weighted by Gasteiger charge is -2.35. The lowest BCUT2D eigenvalue weighted by Crippen LogP contribution is -2.50. The minimum absolute atomic E-state index is 0.0777. The Morgan fingerprint density at radius 1 is 1.24 bits per heavy atom. The molecule has 1 aromatic rings. The Hall–Kier alpha value is -1.75. The molecule has 2 N–H and O–H groups in total. The Balaban J connectivity index is 2.63. The number of hydrogen-bond acceptors (Lipinski definition) is 2. The third-order valence-corrected chi connectivity index (χ3v) is 3.21. The van der Waals surface area contributed by atoms with Crippen LogP contribution in [0.4, 0.5) is 4.79 Å². The molecule has 1 rings (SSSR count). The highest BCUT2D eigenvalue weighted by atomic mass is 35.5. The van der Waals surface area contributed by atoms with Crippen molar-refractivity contribution in [2.75, 3.05) is 6.54 Å². The van der Waals surface area contributed by atoms with E-state index >= 15 is 0 Å². The number of aliphatic carboxylic acids is 1. The van der Waals surface area contributed by atoms with Crippen LogP contribution in [-0.2, 0) is 11.3 Å². The Bertz CT molecular complexity index is 495. The van der Waals surface area contributed by atoms with Crippen molar-refractivity contribution < 1.29 is 14.7 Å². The summed E-state index contributed by atoms with van der Waals surface area (Å²) < 4.78 is 0. The number of hydrogen-bond donors (Lipinski definition) is 2. The number of carbonyl (C=O) groups is 2. The summed E-state index contributed by atoms with van der Waals surface area (Å²) in [4.78, 5) is 24.5. The summed E-state index contributed by atoms with van der Waals surface area (Å²) in [7, 11) is 0. The molecule has 0 bridgehead atoms. The van der Waals surface area contributed by atoms with Crippen LogP contribution in [0.2, 0.25) is 5.02 Å². The largest absolute Gasteiger partial charge is 0.481 e. The van der Waals surface area contributed by atoms with Crippen LogP contribution in [-0.4, -0.2) is 34.1 Å². The van der Waals surface area contributed by atoms with Crippen molar-refractivity contribution >= 4 is 23.6 Å². The Kier molecular flexibility index (Phi) is 6.03. The highest BCUT2D eigenvalue weighted by Crippen LogP contribution is 2.14. The number of benzene rings is 1. The van der Waals surface area contributed by atoms with Gasteiger partial charge in [-0.2, -0.15) is 0 Å². The number of halogens is 1. The molecule has 0 aliphatic rings. The fourth-order valence-corrected chi connectivity index (χ4v) is 1.95. The molecule has 0 atom stereocenters. The van der Waals surface area contributed by atoms with Gasteiger partial charge >= 0.3 is 12.0 Å². The molecule has 5 nitrogen and oxygen atoms in total. The molecule has 2 amide bonds. The van der Waals surface area contributed by atoms with E-state index in [0.717, 1.165) is 5.56 Å². The van der Waals surface area contributed by atoms with Gasteiger partial charge < -0.3 is 15.3 Å². The van der Waals surface area contributed by atoms with E-state index in [-0.39, 0.29) is 19.0 Å². The van der Waals surface area contributed by atoms with E-state index in [4.69, 9.17) is 16.7 Å². The van der Waals surface area contributed by atoms with Crippen molar-refractivity contribution in [2.24, 2.45) is 0 Å². The van der Waals surface area contributed by atoms with Crippen LogP contribution in [0.1, 0.15) is 32.8 Å². The van der Waals surface area contributed by atoms with E-state index in [1.54, 1.807) is 12.1 Å². The first-order chi connectivity index (χ1) is 9.70. The van der Waals surface area contributed by atoms with E-state index in [9.17, 15) is 9.59 Å². The molecule has 0 spiro atoms. The summed E-state index contributed by atoms with van der Waals surface area (Å²) in [6.45, 7) is 6.16. The maximum absolute atomic E-state index is 12.2. The van der Waals surface area contributed by atoms with E-state index in [1.807, 2.05) is 32.9 Å². The first kappa shape index (κ1) is 17.3. The SMILES string of the molecule is CC(C)(C)N(CCC(=O)O)C(=O)NCc1ccc(Cl)cc1. The normalized spacial score (nSPS) is 11.0. The predicted octanol–water partition coefficient (Wildman–Crippen LogP) is 3.12. The second kappa shape index (κ2) is 7.31. The van der Waals surface area contributed by atoms with Crippen molar-refractivity contribution in [1.82, 2.24) is 10.2 Å². The first-order valence-corrected chi connectivity index (χ1v) is 7.09. The number of rotatable bonds is 5. The summed E-state index contributed by atoms with van der Waals surface area (Å²) in [5.41, 5.74) is 0.485. The molecule has 0 saturated carbocycles. The molecule has 0 aliphatic carbocycles. The third-order valence-electron chi connectivity index (χ3n) is 2.96. The summed E-state index contributed by atoms with van der Waals surface area (Å²) in [5.74, 6) is -0.922. The highest BCUT2D eigenvalue weighted by Gasteiger charge is 2.26. The van der Waals surface area contributed by atoms with Crippen LogP contribution in [0.15, 0.2) is 24.3 Å². The molecule has 0 unspecified atom stereocenters. The molecular weight excluding hydrogens is 292 g/mol. The van der Waals surface area contributed by atoms with Gasteiger partial charge in [0.25, 0.3) is 0 Å². The second-order valence-corrected chi connectivity index (χ2v) is 6.19. The molecule has 21 heavy (non-hydrogen) atoms. The molecular formula is C15H21ClN2O3. The molecule has 0 radical (unpaired) electrons. The monoisotopic (exact) mass is 312 g/mol. The summed E-state index contributed by atoms with van der Waals surface area (Å²) in [6.07, 6.45) is -0.0777. The average Bonchev–Trinajstić information content (AvgIpc) is 2.36. The number of carboxylic acids is 1. The van der Waals surface area contributed by atoms with Crippen LogP contribution >= 0.6 is 11.6 Å². The maximum Gasteiger partial charge on any atom is 0.318 e. The van der Waals surface area contributed by atoms with Crippen molar-refractivity contribution in [3.63, 3.8) is 0 Å². The number of nitrogens with zero attached hydrogens (tertiary/aromatic N) is 1. The number of urea groups is 1. The van der Waals surface area contributed by atoms with Gasteiger partial charge in [-0.15, -0.1) is 0 Å². The molecule has 0 heterocycles. The van der Waals surface area contributed by atoms with Crippen LogP contribution < -0.4 is 5.32 Å². The van der Waals surface area contributed by atoms with Gasteiger partial charge in [0.15, 0.2) is 0 Å². The Morgan fingerprint density at radius 3 is 2.29 bits per heavy atom. The lowest BCUT2D eigenvalue weighted by atomic mass is 10.1. The lowest BCUT2D eigenvalue weighted by molar-refractivity contribution is -0.137. The van der Waals surface area contributed by atoms with Crippen LogP contribution in [0.25, 0.3) is 0 Å². The van der Waals surface area contributed by atoms with Gasteiger partial charge in [-0.05, 0) is 38.5 Å². The van der Waals surface area contributed by atoms with Crippen LogP contribution in [0.5, 0.6) is 0 Å². The van der Waals surface area contributed by atoms with E-state index in [0.29, 0.717) is 11.6 Å². The molecule has 0 fully saturated rings. The summed E-state index contributed by atoms with van der Waals surface area (Å²) in [6, 6.07) is 6.91. The van der Waals surface area contributed by atoms with Gasteiger partial charge in [-0.3, -0.25) is 4.79 Å². The highest BCUT2D eigenvalue weighted by molar-refractivity contribution is 6.30. The predicted molar refractivity (Wildman–Crippen MR) is 82.4 cm³/mol. The molecule has 116 valence electrons. The average molecular weight is 313 g/mol. The van der Waals surface area contributed by atoms with Crippen LogP contribution in [0, 0.1) is 0 Å². The van der Waals surface area contributed by atoms with Crippen molar-refractivity contribution in [1.29, 1.82) is 0 Å². The van der Waals surface area contributed by atoms with Gasteiger partial charge in [0.2, 0.25) is 0 Å². The Morgan fingerprint density at radius 2 is 1.81 bits per heavy atom. The first-order valence-electron chi connectivity index (χ1n) is 6.72. The molecule has 1 aromatic carbocycles. The standard InChI is InChI=1S/C15H21ClN2O3/c1-15(2,3)18(9-8-13(19)20)14(21)17-10-11-4-6-12(16)7-5-11/h4-7H,8-10H2,1-3H3,(H,17,21)(H,19,20). The number of nitrogens with one attached hydrogen (secondary N) is 1. The molecule has 0 saturated heterocycles. The molecule has 0 aromatic heterocycles. The maximum atomic E-state index is 12.2. The minimum atomic E-state index is -0.922. The van der Waals surface area contributed by atoms with Gasteiger partial charge in [0.1, 0.15) is 0 Å². The van der Waals surface area contributed by atoms with Crippen LogP contribution in [0.3, 0.4) is 0 Å². The van der Waals surface area contributed by atoms with Gasteiger partial charge in [-0.25, -0.2) is 4.79 Å². The van der Waals surface area contributed by atoms with Gasteiger partial charge in [0, 0.05) is 23.7 Å².